The van der Waals surface area contributed by atoms with E-state index in [1.165, 1.54) is 4.63 Å². The van der Waals surface area contributed by atoms with Gasteiger partial charge in [-0.1, -0.05) is 38.4 Å². The van der Waals surface area contributed by atoms with Gasteiger partial charge in [0.2, 0.25) is 5.82 Å². The second-order valence-corrected chi connectivity index (χ2v) is 6.46. The molecule has 9 nitrogen and oxygen atoms in total. The zero-order valence-electron chi connectivity index (χ0n) is 14.3. The third kappa shape index (κ3) is 2.56. The van der Waals surface area contributed by atoms with Crippen LogP contribution in [-0.4, -0.2) is 15.2 Å². The monoisotopic (exact) mass is 324 g/mol. The summed E-state index contributed by atoms with van der Waals surface area (Å²) in [6.07, 6.45) is 0.680. The molecular weight excluding hydrogens is 306 g/mol. The summed E-state index contributed by atoms with van der Waals surface area (Å²) in [5.41, 5.74) is 2.76. The highest BCUT2D eigenvalue weighted by Crippen LogP contribution is 2.34. The van der Waals surface area contributed by atoms with Crippen molar-refractivity contribution in [1.29, 1.82) is 0 Å². The van der Waals surface area contributed by atoms with Crippen LogP contribution in [0.3, 0.4) is 0 Å². The molecule has 0 unspecified atom stereocenters. The van der Waals surface area contributed by atoms with Gasteiger partial charge in [-0.3, -0.25) is 5.10 Å². The van der Waals surface area contributed by atoms with E-state index in [1.54, 1.807) is 6.92 Å². The summed E-state index contributed by atoms with van der Waals surface area (Å²) in [4.78, 5) is 7.86. The number of H-pyrrole nitrogens is 1. The first-order valence-electron chi connectivity index (χ1n) is 7.62. The van der Waals surface area contributed by atoms with Gasteiger partial charge < -0.3 is 14.8 Å². The Bertz CT molecular complexity index is 956. The standard InChI is InChI=1S/C15H18N9/c1-7-9-10(16-6)13(20-18-9)21-19-11-12(15(3,4)5)23-24-14(11)17-8(2)22-24/h7H2,1-5H3,(H-,17,18,20,22)/q-1. The molecule has 0 amide bonds. The zero-order chi connectivity index (χ0) is 17.5. The van der Waals surface area contributed by atoms with E-state index in [2.05, 4.69) is 40.5 Å². The van der Waals surface area contributed by atoms with Gasteiger partial charge in [0.15, 0.2) is 5.69 Å². The van der Waals surface area contributed by atoms with Gasteiger partial charge in [-0.25, -0.2) is 4.85 Å². The van der Waals surface area contributed by atoms with Gasteiger partial charge in [0.05, 0.1) is 12.4 Å². The van der Waals surface area contributed by atoms with Crippen molar-refractivity contribution in [3.05, 3.63) is 28.6 Å². The first-order chi connectivity index (χ1) is 11.3. The first-order valence-corrected chi connectivity index (χ1v) is 7.62. The molecule has 3 rings (SSSR count). The summed E-state index contributed by atoms with van der Waals surface area (Å²) in [5, 5.41) is 24.1. The lowest BCUT2D eigenvalue weighted by atomic mass is 9.91. The molecule has 9 heteroatoms. The molecule has 3 heterocycles. The van der Waals surface area contributed by atoms with Crippen LogP contribution < -0.4 is 14.8 Å². The topological polar surface area (TPSA) is 103 Å². The maximum absolute atomic E-state index is 7.30. The largest absolute Gasteiger partial charge is 0.509 e. The van der Waals surface area contributed by atoms with Crippen molar-refractivity contribution in [2.24, 2.45) is 10.2 Å². The Kier molecular flexibility index (Phi) is 3.67. The molecule has 0 atom stereocenters. The molecule has 3 aromatic rings. The second-order valence-electron chi connectivity index (χ2n) is 6.46. The molecule has 24 heavy (non-hydrogen) atoms. The summed E-state index contributed by atoms with van der Waals surface area (Å²) >= 11 is 0. The van der Waals surface area contributed by atoms with E-state index >= 15 is 0 Å². The predicted octanol–water partition coefficient (Wildman–Crippen LogP) is 2.59. The molecule has 124 valence electrons. The van der Waals surface area contributed by atoms with E-state index in [1.807, 2.05) is 27.7 Å². The van der Waals surface area contributed by atoms with Crippen LogP contribution >= 0.6 is 0 Å². The lowest BCUT2D eigenvalue weighted by molar-refractivity contribution is -0.649. The molecule has 0 aliphatic rings. The number of fused-ring (bicyclic) bond motifs is 1. The summed E-state index contributed by atoms with van der Waals surface area (Å²) in [7, 11) is 0. The zero-order valence-corrected chi connectivity index (χ0v) is 14.3. The van der Waals surface area contributed by atoms with Gasteiger partial charge in [-0.2, -0.15) is 5.10 Å². The first kappa shape index (κ1) is 15.9. The normalized spacial score (nSPS) is 12.3. The van der Waals surface area contributed by atoms with Gasteiger partial charge in [0, 0.05) is 5.69 Å². The van der Waals surface area contributed by atoms with Crippen LogP contribution in [0.2, 0.25) is 0 Å². The predicted molar refractivity (Wildman–Crippen MR) is 85.9 cm³/mol. The second kappa shape index (κ2) is 5.56. The van der Waals surface area contributed by atoms with Gasteiger partial charge >= 0.3 is 5.65 Å². The SMILES string of the molecule is [C-]#[N+]c1c(N=Nc2c(C(C)(C)C)[n-][n+]3[n-]c(C)nc23)n[nH]c1CC. The summed E-state index contributed by atoms with van der Waals surface area (Å²) in [5.74, 6) is 0.890. The maximum atomic E-state index is 7.30. The van der Waals surface area contributed by atoms with E-state index in [0.29, 0.717) is 29.3 Å². The van der Waals surface area contributed by atoms with Crippen molar-refractivity contribution in [1.82, 2.24) is 25.4 Å². The number of aromatic nitrogens is 6. The van der Waals surface area contributed by atoms with Crippen LogP contribution in [0.15, 0.2) is 10.2 Å². The minimum absolute atomic E-state index is 0.243. The van der Waals surface area contributed by atoms with Crippen molar-refractivity contribution >= 4 is 22.8 Å². The van der Waals surface area contributed by atoms with Crippen molar-refractivity contribution in [2.45, 2.75) is 46.5 Å². The molecule has 0 saturated carbocycles. The number of rotatable bonds is 3. The maximum Gasteiger partial charge on any atom is 0.325 e. The molecule has 1 N–H and O–H groups in total. The summed E-state index contributed by atoms with van der Waals surface area (Å²) in [6, 6.07) is 0. The van der Waals surface area contributed by atoms with E-state index in [4.69, 9.17) is 6.57 Å². The highest BCUT2D eigenvalue weighted by Gasteiger charge is 2.21. The molecule has 0 saturated heterocycles. The quantitative estimate of drug-likeness (QED) is 0.454. The number of aryl methyl sites for hydroxylation is 2. The van der Waals surface area contributed by atoms with E-state index in [0.717, 1.165) is 11.4 Å². The number of hydrogen-bond donors (Lipinski definition) is 1. The fourth-order valence-electron chi connectivity index (χ4n) is 2.36. The lowest BCUT2D eigenvalue weighted by Crippen LogP contribution is -2.31. The number of hydrogen-bond acceptors (Lipinski definition) is 4. The molecule has 0 aliphatic carbocycles. The Morgan fingerprint density at radius 3 is 2.67 bits per heavy atom. The molecule has 0 bridgehead atoms. The fourth-order valence-corrected chi connectivity index (χ4v) is 2.36. The molecule has 0 aliphatic heterocycles. The van der Waals surface area contributed by atoms with Gasteiger partial charge in [-0.05, 0) is 18.8 Å². The number of azo groups is 1. The average Bonchev–Trinajstić information content (AvgIpc) is 3.15. The third-order valence-corrected chi connectivity index (χ3v) is 3.54. The Labute approximate surface area is 139 Å². The Morgan fingerprint density at radius 1 is 1.29 bits per heavy atom. The minimum atomic E-state index is -0.243. The molecule has 0 spiro atoms. The van der Waals surface area contributed by atoms with E-state index < -0.39 is 0 Å². The van der Waals surface area contributed by atoms with Crippen LogP contribution in [0.25, 0.3) is 10.5 Å². The van der Waals surface area contributed by atoms with Crippen LogP contribution in [-0.2, 0) is 11.8 Å². The van der Waals surface area contributed by atoms with Crippen LogP contribution in [0.1, 0.15) is 44.9 Å². The van der Waals surface area contributed by atoms with Gasteiger partial charge in [0.25, 0.3) is 5.69 Å². The fraction of sp³-hybridized carbons (Fsp3) is 0.467. The Hall–Kier alpha value is -3.02. The summed E-state index contributed by atoms with van der Waals surface area (Å²) < 4.78 is 1.47. The molecule has 0 radical (unpaired) electrons. The molecule has 3 aromatic heterocycles. The Morgan fingerprint density at radius 2 is 2.04 bits per heavy atom. The lowest BCUT2D eigenvalue weighted by Gasteiger charge is -2.23. The highest BCUT2D eigenvalue weighted by atomic mass is 15.5. The smallest absolute Gasteiger partial charge is 0.325 e. The van der Waals surface area contributed by atoms with Gasteiger partial charge in [-0.15, -0.1) is 10.2 Å². The van der Waals surface area contributed by atoms with Crippen molar-refractivity contribution in [3.63, 3.8) is 0 Å². The highest BCUT2D eigenvalue weighted by molar-refractivity contribution is 5.67. The molecular formula is C15H18N9-. The number of aromatic amines is 1. The number of nitrogens with zero attached hydrogens (tertiary/aromatic N) is 8. The van der Waals surface area contributed by atoms with E-state index in [9.17, 15) is 0 Å². The van der Waals surface area contributed by atoms with E-state index in [-0.39, 0.29) is 11.2 Å². The minimum Gasteiger partial charge on any atom is -0.509 e. The van der Waals surface area contributed by atoms with Crippen molar-refractivity contribution < 1.29 is 4.63 Å². The van der Waals surface area contributed by atoms with Crippen molar-refractivity contribution in [3.8, 4) is 0 Å². The molecule has 0 aromatic carbocycles. The van der Waals surface area contributed by atoms with Crippen LogP contribution in [0.5, 0.6) is 0 Å². The summed E-state index contributed by atoms with van der Waals surface area (Å²) in [6.45, 7) is 17.2. The third-order valence-electron chi connectivity index (χ3n) is 3.54. The van der Waals surface area contributed by atoms with Crippen LogP contribution in [0, 0.1) is 13.5 Å². The van der Waals surface area contributed by atoms with Gasteiger partial charge in [0.1, 0.15) is 0 Å². The average molecular weight is 324 g/mol. The molecule has 0 fully saturated rings. The van der Waals surface area contributed by atoms with Crippen molar-refractivity contribution in [2.75, 3.05) is 0 Å². The van der Waals surface area contributed by atoms with Crippen LogP contribution in [0.4, 0.5) is 17.2 Å². The Balaban J connectivity index is 2.12. The number of nitrogens with one attached hydrogen (secondary N) is 1.